The molecule has 7 heteroatoms. The van der Waals surface area contributed by atoms with E-state index in [9.17, 15) is 14.4 Å². The topological polar surface area (TPSA) is 87.7 Å². The molecule has 1 aliphatic heterocycles. The summed E-state index contributed by atoms with van der Waals surface area (Å²) in [4.78, 5) is 40.2. The first-order chi connectivity index (χ1) is 16.0. The van der Waals surface area contributed by atoms with Crippen molar-refractivity contribution >= 4 is 40.9 Å². The van der Waals surface area contributed by atoms with Crippen LogP contribution >= 0.6 is 0 Å². The number of carbonyl (C=O) groups is 3. The van der Waals surface area contributed by atoms with Gasteiger partial charge in [0.05, 0.1) is 24.9 Å². The number of rotatable bonds is 6. The SMILES string of the molecule is COc1ccc(/C=C/C(=O)N2c3ccccc3NC(=O)C2CC(=O)Nc2ccccc2)cc1. The van der Waals surface area contributed by atoms with Crippen LogP contribution in [0.2, 0.25) is 0 Å². The fourth-order valence-corrected chi connectivity index (χ4v) is 3.62. The van der Waals surface area contributed by atoms with Gasteiger partial charge in [-0.15, -0.1) is 0 Å². The lowest BCUT2D eigenvalue weighted by atomic mass is 10.0. The number of nitrogens with zero attached hydrogens (tertiary/aromatic N) is 1. The van der Waals surface area contributed by atoms with Gasteiger partial charge in [-0.25, -0.2) is 0 Å². The quantitative estimate of drug-likeness (QED) is 0.564. The number of para-hydroxylation sites is 3. The maximum absolute atomic E-state index is 13.3. The van der Waals surface area contributed by atoms with Crippen LogP contribution in [0.1, 0.15) is 12.0 Å². The monoisotopic (exact) mass is 441 g/mol. The summed E-state index contributed by atoms with van der Waals surface area (Å²) < 4.78 is 5.15. The Balaban J connectivity index is 1.58. The van der Waals surface area contributed by atoms with Crippen LogP contribution in [0.15, 0.2) is 84.9 Å². The number of methoxy groups -OCH3 is 1. The third-order valence-electron chi connectivity index (χ3n) is 5.24. The largest absolute Gasteiger partial charge is 0.497 e. The number of carbonyl (C=O) groups excluding carboxylic acids is 3. The van der Waals surface area contributed by atoms with Crippen molar-refractivity contribution in [3.63, 3.8) is 0 Å². The Kier molecular flexibility index (Phi) is 6.50. The zero-order chi connectivity index (χ0) is 23.2. The molecule has 0 aliphatic carbocycles. The number of amides is 3. The van der Waals surface area contributed by atoms with Crippen molar-refractivity contribution in [1.29, 1.82) is 0 Å². The molecule has 1 heterocycles. The highest BCUT2D eigenvalue weighted by atomic mass is 16.5. The van der Waals surface area contributed by atoms with Crippen LogP contribution in [0.5, 0.6) is 5.75 Å². The lowest BCUT2D eigenvalue weighted by molar-refractivity contribution is -0.124. The van der Waals surface area contributed by atoms with Crippen molar-refractivity contribution in [2.45, 2.75) is 12.5 Å². The molecule has 1 atom stereocenters. The second kappa shape index (κ2) is 9.82. The minimum absolute atomic E-state index is 0.183. The van der Waals surface area contributed by atoms with Gasteiger partial charge in [-0.05, 0) is 48.0 Å². The molecule has 1 aliphatic rings. The summed E-state index contributed by atoms with van der Waals surface area (Å²) in [6.45, 7) is 0. The molecule has 0 saturated carbocycles. The summed E-state index contributed by atoms with van der Waals surface area (Å²) >= 11 is 0. The standard InChI is InChI=1S/C26H23N3O4/c1-33-20-14-11-18(12-15-20)13-16-25(31)29-22-10-6-5-9-21(22)28-26(32)23(29)17-24(30)27-19-7-3-2-4-8-19/h2-16,23H,17H2,1H3,(H,27,30)(H,28,32)/b16-13+. The molecule has 0 bridgehead atoms. The Bertz CT molecular complexity index is 1190. The van der Waals surface area contributed by atoms with E-state index < -0.39 is 17.9 Å². The van der Waals surface area contributed by atoms with Crippen LogP contribution in [0, 0.1) is 0 Å². The van der Waals surface area contributed by atoms with Gasteiger partial charge in [0.25, 0.3) is 5.91 Å². The zero-order valence-corrected chi connectivity index (χ0v) is 18.0. The molecule has 0 spiro atoms. The summed E-state index contributed by atoms with van der Waals surface area (Å²) in [6, 6.07) is 22.2. The van der Waals surface area contributed by atoms with Crippen molar-refractivity contribution in [2.75, 3.05) is 22.6 Å². The first-order valence-corrected chi connectivity index (χ1v) is 10.5. The van der Waals surface area contributed by atoms with E-state index in [0.29, 0.717) is 22.8 Å². The molecule has 3 amide bonds. The Labute approximate surface area is 191 Å². The minimum atomic E-state index is -0.989. The number of fused-ring (bicyclic) bond motifs is 1. The van der Waals surface area contributed by atoms with Crippen molar-refractivity contribution in [2.24, 2.45) is 0 Å². The highest BCUT2D eigenvalue weighted by Gasteiger charge is 2.37. The molecular weight excluding hydrogens is 418 g/mol. The molecule has 3 aromatic carbocycles. The number of ether oxygens (including phenoxy) is 1. The summed E-state index contributed by atoms with van der Waals surface area (Å²) in [7, 11) is 1.58. The van der Waals surface area contributed by atoms with E-state index in [2.05, 4.69) is 10.6 Å². The van der Waals surface area contributed by atoms with Gasteiger partial charge in [0, 0.05) is 11.8 Å². The van der Waals surface area contributed by atoms with Crippen molar-refractivity contribution < 1.29 is 19.1 Å². The molecule has 2 N–H and O–H groups in total. The third kappa shape index (κ3) is 5.10. The van der Waals surface area contributed by atoms with Crippen molar-refractivity contribution in [3.05, 3.63) is 90.5 Å². The maximum Gasteiger partial charge on any atom is 0.251 e. The first-order valence-electron chi connectivity index (χ1n) is 10.5. The molecule has 3 aromatic rings. The van der Waals surface area contributed by atoms with E-state index in [0.717, 1.165) is 5.56 Å². The van der Waals surface area contributed by atoms with E-state index in [4.69, 9.17) is 4.74 Å². The van der Waals surface area contributed by atoms with Gasteiger partial charge in [-0.3, -0.25) is 19.3 Å². The van der Waals surface area contributed by atoms with Gasteiger partial charge >= 0.3 is 0 Å². The van der Waals surface area contributed by atoms with Crippen LogP contribution in [0.3, 0.4) is 0 Å². The van der Waals surface area contributed by atoms with Gasteiger partial charge in [0.1, 0.15) is 11.8 Å². The van der Waals surface area contributed by atoms with Crippen LogP contribution in [0.4, 0.5) is 17.1 Å². The van der Waals surface area contributed by atoms with E-state index in [1.54, 1.807) is 73.8 Å². The second-order valence-corrected chi connectivity index (χ2v) is 7.46. The molecular formula is C26H23N3O4. The lowest BCUT2D eigenvalue weighted by Gasteiger charge is -2.35. The highest BCUT2D eigenvalue weighted by Crippen LogP contribution is 2.33. The Morgan fingerprint density at radius 3 is 2.42 bits per heavy atom. The maximum atomic E-state index is 13.3. The molecule has 0 fully saturated rings. The summed E-state index contributed by atoms with van der Waals surface area (Å²) in [6.07, 6.45) is 2.88. The Morgan fingerprint density at radius 2 is 1.70 bits per heavy atom. The molecule has 166 valence electrons. The molecule has 7 nitrogen and oxygen atoms in total. The van der Waals surface area contributed by atoms with Gasteiger partial charge < -0.3 is 15.4 Å². The normalized spacial score (nSPS) is 15.0. The zero-order valence-electron chi connectivity index (χ0n) is 18.0. The predicted molar refractivity (Wildman–Crippen MR) is 128 cm³/mol. The number of hydrogen-bond donors (Lipinski definition) is 2. The van der Waals surface area contributed by atoms with E-state index in [-0.39, 0.29) is 12.3 Å². The third-order valence-corrected chi connectivity index (χ3v) is 5.24. The molecule has 0 aromatic heterocycles. The average molecular weight is 441 g/mol. The summed E-state index contributed by atoms with van der Waals surface area (Å²) in [5, 5.41) is 5.57. The molecule has 1 unspecified atom stereocenters. The average Bonchev–Trinajstić information content (AvgIpc) is 2.84. The molecule has 33 heavy (non-hydrogen) atoms. The fourth-order valence-electron chi connectivity index (χ4n) is 3.62. The van der Waals surface area contributed by atoms with Crippen LogP contribution in [-0.2, 0) is 14.4 Å². The van der Waals surface area contributed by atoms with Crippen LogP contribution in [-0.4, -0.2) is 30.9 Å². The van der Waals surface area contributed by atoms with Crippen molar-refractivity contribution in [1.82, 2.24) is 0 Å². The van der Waals surface area contributed by atoms with E-state index >= 15 is 0 Å². The summed E-state index contributed by atoms with van der Waals surface area (Å²) in [5.74, 6) is -0.462. The van der Waals surface area contributed by atoms with E-state index in [1.807, 2.05) is 18.2 Å². The molecule has 0 radical (unpaired) electrons. The van der Waals surface area contributed by atoms with Gasteiger partial charge in [-0.2, -0.15) is 0 Å². The smallest absolute Gasteiger partial charge is 0.251 e. The van der Waals surface area contributed by atoms with E-state index in [1.165, 1.54) is 11.0 Å². The fraction of sp³-hybridized carbons (Fsp3) is 0.115. The summed E-state index contributed by atoms with van der Waals surface area (Å²) in [5.41, 5.74) is 2.49. The minimum Gasteiger partial charge on any atom is -0.497 e. The number of benzene rings is 3. The lowest BCUT2D eigenvalue weighted by Crippen LogP contribution is -2.52. The first kappa shape index (κ1) is 21.8. The van der Waals surface area contributed by atoms with Crippen LogP contribution in [0.25, 0.3) is 6.08 Å². The number of hydrogen-bond acceptors (Lipinski definition) is 4. The van der Waals surface area contributed by atoms with Crippen LogP contribution < -0.4 is 20.3 Å². The molecule has 4 rings (SSSR count). The van der Waals surface area contributed by atoms with Crippen molar-refractivity contribution in [3.8, 4) is 5.75 Å². The Hall–Kier alpha value is -4.39. The predicted octanol–water partition coefficient (Wildman–Crippen LogP) is 4.09. The van der Waals surface area contributed by atoms with Gasteiger partial charge in [0.15, 0.2) is 0 Å². The second-order valence-electron chi connectivity index (χ2n) is 7.46. The van der Waals surface area contributed by atoms with Gasteiger partial charge in [0.2, 0.25) is 11.8 Å². The Morgan fingerprint density at radius 1 is 1.00 bits per heavy atom. The molecule has 0 saturated heterocycles. The number of nitrogens with one attached hydrogen (secondary N) is 2. The number of anilines is 3. The van der Waals surface area contributed by atoms with Gasteiger partial charge in [-0.1, -0.05) is 42.5 Å². The highest BCUT2D eigenvalue weighted by molar-refractivity contribution is 6.16.